The fourth-order valence-electron chi connectivity index (χ4n) is 2.58. The number of aromatic amines is 1. The number of amides is 1. The van der Waals surface area contributed by atoms with Gasteiger partial charge >= 0.3 is 0 Å². The normalized spacial score (nSPS) is 19.5. The maximum atomic E-state index is 12.0. The average Bonchev–Trinajstić information content (AvgIpc) is 2.83. The second-order valence-corrected chi connectivity index (χ2v) is 5.02. The molecule has 2 heterocycles. The lowest BCUT2D eigenvalue weighted by Crippen LogP contribution is -2.41. The minimum atomic E-state index is 0.0697. The maximum absolute atomic E-state index is 12.0. The number of ether oxygens (including phenoxy) is 1. The molecule has 1 aliphatic heterocycles. The lowest BCUT2D eigenvalue weighted by atomic mass is 10.1. The zero-order valence-electron chi connectivity index (χ0n) is 10.8. The van der Waals surface area contributed by atoms with E-state index < -0.39 is 0 Å². The summed E-state index contributed by atoms with van der Waals surface area (Å²) in [5.74, 6) is 0.0697. The van der Waals surface area contributed by atoms with E-state index in [9.17, 15) is 4.79 Å². The van der Waals surface area contributed by atoms with E-state index in [-0.39, 0.29) is 11.9 Å². The Morgan fingerprint density at radius 3 is 3.16 bits per heavy atom. The van der Waals surface area contributed by atoms with Crippen molar-refractivity contribution in [3.8, 4) is 0 Å². The van der Waals surface area contributed by atoms with Crippen LogP contribution in [0.2, 0.25) is 0 Å². The summed E-state index contributed by atoms with van der Waals surface area (Å²) in [6.07, 6.45) is 4.37. The van der Waals surface area contributed by atoms with Gasteiger partial charge in [-0.2, -0.15) is 0 Å². The number of carbonyl (C=O) groups excluding carboxylic acids is 1. The highest BCUT2D eigenvalue weighted by atomic mass is 16.5. The van der Waals surface area contributed by atoms with Crippen LogP contribution in [0.25, 0.3) is 10.9 Å². The van der Waals surface area contributed by atoms with E-state index in [4.69, 9.17) is 4.74 Å². The molecule has 1 saturated heterocycles. The van der Waals surface area contributed by atoms with Crippen LogP contribution in [-0.2, 0) is 16.0 Å². The van der Waals surface area contributed by atoms with Crippen LogP contribution in [0.5, 0.6) is 0 Å². The molecular weight excluding hydrogens is 240 g/mol. The molecule has 0 aliphatic carbocycles. The second-order valence-electron chi connectivity index (χ2n) is 5.02. The van der Waals surface area contributed by atoms with E-state index >= 15 is 0 Å². The predicted octanol–water partition coefficient (Wildman–Crippen LogP) is 2.01. The van der Waals surface area contributed by atoms with Crippen molar-refractivity contribution in [2.45, 2.75) is 25.3 Å². The molecule has 1 unspecified atom stereocenters. The molecule has 0 radical (unpaired) electrons. The first kappa shape index (κ1) is 12.2. The molecule has 2 aromatic rings. The molecular formula is C15H18N2O2. The van der Waals surface area contributed by atoms with Crippen LogP contribution >= 0.6 is 0 Å². The number of nitrogens with one attached hydrogen (secondary N) is 2. The lowest BCUT2D eigenvalue weighted by molar-refractivity contribution is -0.122. The van der Waals surface area contributed by atoms with Gasteiger partial charge in [-0.3, -0.25) is 4.79 Å². The van der Waals surface area contributed by atoms with Gasteiger partial charge in [0.2, 0.25) is 5.91 Å². The molecule has 100 valence electrons. The minimum absolute atomic E-state index is 0.0697. The fraction of sp³-hybridized carbons (Fsp3) is 0.400. The summed E-state index contributed by atoms with van der Waals surface area (Å²) in [7, 11) is 0. The number of hydrogen-bond acceptors (Lipinski definition) is 2. The molecule has 3 rings (SSSR count). The zero-order valence-corrected chi connectivity index (χ0v) is 10.8. The molecule has 4 heteroatoms. The van der Waals surface area contributed by atoms with E-state index in [0.29, 0.717) is 13.0 Å². The number of carbonyl (C=O) groups is 1. The quantitative estimate of drug-likeness (QED) is 0.884. The Morgan fingerprint density at radius 1 is 1.42 bits per heavy atom. The van der Waals surface area contributed by atoms with Crippen molar-refractivity contribution < 1.29 is 9.53 Å². The van der Waals surface area contributed by atoms with Crippen molar-refractivity contribution in [3.63, 3.8) is 0 Å². The van der Waals surface area contributed by atoms with E-state index in [2.05, 4.69) is 10.3 Å². The van der Waals surface area contributed by atoms with Gasteiger partial charge in [0.05, 0.1) is 19.1 Å². The number of benzene rings is 1. The molecule has 0 saturated carbocycles. The summed E-state index contributed by atoms with van der Waals surface area (Å²) in [5.41, 5.74) is 2.12. The molecule has 1 aromatic carbocycles. The van der Waals surface area contributed by atoms with Crippen molar-refractivity contribution in [2.24, 2.45) is 0 Å². The first-order chi connectivity index (χ1) is 9.33. The Hall–Kier alpha value is -1.81. The van der Waals surface area contributed by atoms with Crippen LogP contribution in [-0.4, -0.2) is 30.1 Å². The second kappa shape index (κ2) is 5.45. The van der Waals surface area contributed by atoms with Gasteiger partial charge in [0.25, 0.3) is 0 Å². The van der Waals surface area contributed by atoms with Gasteiger partial charge in [-0.05, 0) is 24.5 Å². The van der Waals surface area contributed by atoms with Gasteiger partial charge in [0, 0.05) is 23.7 Å². The van der Waals surface area contributed by atoms with Crippen molar-refractivity contribution in [3.05, 3.63) is 36.0 Å². The van der Waals surface area contributed by atoms with Gasteiger partial charge in [-0.1, -0.05) is 18.2 Å². The third-order valence-corrected chi connectivity index (χ3v) is 3.55. The topological polar surface area (TPSA) is 54.1 Å². The SMILES string of the molecule is O=C(Cc1c[nH]c2ccccc12)NC1CCCOC1. The molecule has 1 aliphatic rings. The third kappa shape index (κ3) is 2.79. The standard InChI is InChI=1S/C15H18N2O2/c18-15(17-12-4-3-7-19-10-12)8-11-9-16-14-6-2-1-5-13(11)14/h1-2,5-6,9,12,16H,3-4,7-8,10H2,(H,17,18). The summed E-state index contributed by atoms with van der Waals surface area (Å²) in [5, 5.41) is 4.17. The molecule has 19 heavy (non-hydrogen) atoms. The molecule has 4 nitrogen and oxygen atoms in total. The zero-order chi connectivity index (χ0) is 13.1. The third-order valence-electron chi connectivity index (χ3n) is 3.55. The van der Waals surface area contributed by atoms with Gasteiger partial charge in [0.15, 0.2) is 0 Å². The highest BCUT2D eigenvalue weighted by Crippen LogP contribution is 2.18. The van der Waals surface area contributed by atoms with E-state index in [1.54, 1.807) is 0 Å². The molecule has 0 spiro atoms. The Labute approximate surface area is 112 Å². The molecule has 1 amide bonds. The van der Waals surface area contributed by atoms with Crippen LogP contribution in [0.15, 0.2) is 30.5 Å². The Morgan fingerprint density at radius 2 is 2.32 bits per heavy atom. The fourth-order valence-corrected chi connectivity index (χ4v) is 2.58. The molecule has 1 aromatic heterocycles. The van der Waals surface area contributed by atoms with Gasteiger partial charge in [-0.25, -0.2) is 0 Å². The predicted molar refractivity (Wildman–Crippen MR) is 74.0 cm³/mol. The van der Waals surface area contributed by atoms with Crippen LogP contribution in [0.4, 0.5) is 0 Å². The van der Waals surface area contributed by atoms with Crippen molar-refractivity contribution in [2.75, 3.05) is 13.2 Å². The number of H-pyrrole nitrogens is 1. The number of hydrogen-bond donors (Lipinski definition) is 2. The number of fused-ring (bicyclic) bond motifs is 1. The Kier molecular flexibility index (Phi) is 3.51. The summed E-state index contributed by atoms with van der Waals surface area (Å²) >= 11 is 0. The van der Waals surface area contributed by atoms with Crippen LogP contribution < -0.4 is 5.32 Å². The first-order valence-corrected chi connectivity index (χ1v) is 6.75. The summed E-state index contributed by atoms with van der Waals surface area (Å²) in [4.78, 5) is 15.2. The van der Waals surface area contributed by atoms with E-state index in [1.807, 2.05) is 30.5 Å². The average molecular weight is 258 g/mol. The van der Waals surface area contributed by atoms with Crippen molar-refractivity contribution in [1.29, 1.82) is 0 Å². The van der Waals surface area contributed by atoms with Crippen LogP contribution in [0.1, 0.15) is 18.4 Å². The number of rotatable bonds is 3. The summed E-state index contributed by atoms with van der Waals surface area (Å²) in [6.45, 7) is 1.45. The minimum Gasteiger partial charge on any atom is -0.379 e. The largest absolute Gasteiger partial charge is 0.379 e. The Bertz CT molecular complexity index is 570. The van der Waals surface area contributed by atoms with Gasteiger partial charge in [-0.15, -0.1) is 0 Å². The van der Waals surface area contributed by atoms with E-state index in [1.165, 1.54) is 0 Å². The van der Waals surface area contributed by atoms with Gasteiger partial charge < -0.3 is 15.0 Å². The molecule has 0 bridgehead atoms. The van der Waals surface area contributed by atoms with E-state index in [0.717, 1.165) is 35.9 Å². The number of aromatic nitrogens is 1. The lowest BCUT2D eigenvalue weighted by Gasteiger charge is -2.23. The van der Waals surface area contributed by atoms with Crippen molar-refractivity contribution >= 4 is 16.8 Å². The highest BCUT2D eigenvalue weighted by Gasteiger charge is 2.17. The smallest absolute Gasteiger partial charge is 0.224 e. The monoisotopic (exact) mass is 258 g/mol. The molecule has 2 N–H and O–H groups in total. The summed E-state index contributed by atoms with van der Waals surface area (Å²) in [6, 6.07) is 8.21. The number of para-hydroxylation sites is 1. The maximum Gasteiger partial charge on any atom is 0.224 e. The highest BCUT2D eigenvalue weighted by molar-refractivity contribution is 5.88. The molecule has 1 atom stereocenters. The van der Waals surface area contributed by atoms with Crippen molar-refractivity contribution in [1.82, 2.24) is 10.3 Å². The first-order valence-electron chi connectivity index (χ1n) is 6.75. The summed E-state index contributed by atoms with van der Waals surface area (Å²) < 4.78 is 5.37. The van der Waals surface area contributed by atoms with Crippen LogP contribution in [0, 0.1) is 0 Å². The van der Waals surface area contributed by atoms with Gasteiger partial charge in [0.1, 0.15) is 0 Å². The molecule has 1 fully saturated rings. The van der Waals surface area contributed by atoms with Crippen LogP contribution in [0.3, 0.4) is 0 Å². The Balaban J connectivity index is 1.65.